The van der Waals surface area contributed by atoms with Crippen molar-refractivity contribution >= 4 is 44.2 Å². The number of aryl methyl sites for hydroxylation is 1. The monoisotopic (exact) mass is 456 g/mol. The van der Waals surface area contributed by atoms with Gasteiger partial charge in [-0.3, -0.25) is 4.79 Å². The Morgan fingerprint density at radius 1 is 1.31 bits per heavy atom. The highest BCUT2D eigenvalue weighted by Gasteiger charge is 2.27. The number of rotatable bonds is 9. The lowest BCUT2D eigenvalue weighted by atomic mass is 10.1. The zero-order chi connectivity index (χ0) is 20.9. The van der Waals surface area contributed by atoms with Gasteiger partial charge in [-0.1, -0.05) is 30.0 Å². The molecule has 1 N–H and O–H groups in total. The van der Waals surface area contributed by atoms with Gasteiger partial charge >= 0.3 is 0 Å². The van der Waals surface area contributed by atoms with E-state index in [1.54, 1.807) is 30.0 Å². The topological polar surface area (TPSA) is 101 Å². The Hall–Kier alpha value is -1.69. The van der Waals surface area contributed by atoms with E-state index in [1.165, 1.54) is 22.8 Å². The summed E-state index contributed by atoms with van der Waals surface area (Å²) in [6.45, 7) is 3.12. The second-order valence-corrected chi connectivity index (χ2v) is 10.9. The normalized spacial score (nSPS) is 14.8. The van der Waals surface area contributed by atoms with Gasteiger partial charge in [0.25, 0.3) is 0 Å². The molecule has 1 aromatic carbocycles. The van der Waals surface area contributed by atoms with Crippen LogP contribution >= 0.6 is 23.1 Å². The van der Waals surface area contributed by atoms with E-state index in [9.17, 15) is 13.2 Å². The summed E-state index contributed by atoms with van der Waals surface area (Å²) in [7, 11) is -1.99. The van der Waals surface area contributed by atoms with Crippen LogP contribution in [0.2, 0.25) is 0 Å². The van der Waals surface area contributed by atoms with Gasteiger partial charge in [0.05, 0.1) is 12.0 Å². The Bertz CT molecular complexity index is 956. The number of hydrogen-bond acceptors (Lipinski definition) is 8. The molecule has 0 unspecified atom stereocenters. The molecule has 0 atom stereocenters. The van der Waals surface area contributed by atoms with E-state index < -0.39 is 10.0 Å². The van der Waals surface area contributed by atoms with Crippen LogP contribution in [-0.2, 0) is 21.2 Å². The number of nitrogens with zero attached hydrogens (tertiary/aromatic N) is 3. The molecule has 1 aliphatic rings. The van der Waals surface area contributed by atoms with Gasteiger partial charge in [0.2, 0.25) is 21.1 Å². The molecular formula is C18H24N4O4S3. The third-order valence-electron chi connectivity index (χ3n) is 4.50. The molecule has 29 heavy (non-hydrogen) atoms. The Labute approximate surface area is 179 Å². The summed E-state index contributed by atoms with van der Waals surface area (Å²) in [6, 6.07) is 4.82. The molecule has 11 heteroatoms. The second kappa shape index (κ2) is 9.88. The van der Waals surface area contributed by atoms with Crippen molar-refractivity contribution < 1.29 is 17.9 Å². The van der Waals surface area contributed by atoms with Crippen LogP contribution in [0.15, 0.2) is 27.4 Å². The van der Waals surface area contributed by atoms with E-state index >= 15 is 0 Å². The van der Waals surface area contributed by atoms with Gasteiger partial charge < -0.3 is 10.1 Å². The number of nitrogens with one attached hydrogen (secondary N) is 1. The highest BCUT2D eigenvalue weighted by molar-refractivity contribution is 8.01. The minimum atomic E-state index is -3.52. The number of ether oxygens (including phenoxy) is 1. The zero-order valence-corrected chi connectivity index (χ0v) is 18.8. The summed E-state index contributed by atoms with van der Waals surface area (Å²) in [6.07, 6.45) is 2.30. The highest BCUT2D eigenvalue weighted by Crippen LogP contribution is 2.28. The maximum atomic E-state index is 12.8. The lowest BCUT2D eigenvalue weighted by Crippen LogP contribution is -2.28. The molecule has 0 spiro atoms. The number of carbonyl (C=O) groups excluding carboxylic acids is 1. The third-order valence-corrected chi connectivity index (χ3v) is 8.25. The molecule has 0 saturated carbocycles. The number of aromatic nitrogens is 2. The first-order valence-electron chi connectivity index (χ1n) is 9.37. The van der Waals surface area contributed by atoms with Crippen molar-refractivity contribution in [2.75, 3.05) is 31.3 Å². The van der Waals surface area contributed by atoms with Crippen molar-refractivity contribution in [1.82, 2.24) is 14.5 Å². The van der Waals surface area contributed by atoms with E-state index in [-0.39, 0.29) is 17.2 Å². The van der Waals surface area contributed by atoms with Crippen LogP contribution in [0.3, 0.4) is 0 Å². The number of methoxy groups -OCH3 is 1. The maximum Gasteiger partial charge on any atom is 0.243 e. The number of hydrogen-bond donors (Lipinski definition) is 1. The maximum absolute atomic E-state index is 12.8. The van der Waals surface area contributed by atoms with Crippen molar-refractivity contribution in [2.45, 2.75) is 41.8 Å². The molecule has 1 aliphatic heterocycles. The first kappa shape index (κ1) is 22.0. The Balaban J connectivity index is 1.68. The highest BCUT2D eigenvalue weighted by atomic mass is 32.2. The van der Waals surface area contributed by atoms with Gasteiger partial charge in [-0.05, 0) is 48.8 Å². The lowest BCUT2D eigenvalue weighted by Gasteiger charge is -2.17. The molecule has 2 aromatic rings. The molecule has 0 bridgehead atoms. The minimum absolute atomic E-state index is 0.180. The number of thioether (sulfide) groups is 1. The van der Waals surface area contributed by atoms with Gasteiger partial charge in [0, 0.05) is 19.5 Å². The molecule has 158 valence electrons. The van der Waals surface area contributed by atoms with E-state index in [4.69, 9.17) is 4.74 Å². The summed E-state index contributed by atoms with van der Waals surface area (Å²) in [4.78, 5) is 12.5. The number of benzene rings is 1. The van der Waals surface area contributed by atoms with Crippen LogP contribution in [0.25, 0.3) is 0 Å². The first-order valence-corrected chi connectivity index (χ1v) is 12.6. The standard InChI is InChI=1S/C18H24N4O4S3/c1-3-27-18-21-20-17(28-18)19-16(23)9-6-13-12-14(7-8-15(13)26-2)29(24,25)22-10-4-5-11-22/h7-8,12H,3-6,9-11H2,1-2H3,(H,19,20,23). The third kappa shape index (κ3) is 5.47. The summed E-state index contributed by atoms with van der Waals surface area (Å²) < 4.78 is 33.3. The fourth-order valence-electron chi connectivity index (χ4n) is 3.06. The molecule has 0 radical (unpaired) electrons. The lowest BCUT2D eigenvalue weighted by molar-refractivity contribution is -0.116. The molecule has 1 aromatic heterocycles. The number of anilines is 1. The summed E-state index contributed by atoms with van der Waals surface area (Å²) in [5, 5.41) is 11.2. The Morgan fingerprint density at radius 3 is 2.76 bits per heavy atom. The van der Waals surface area contributed by atoms with Gasteiger partial charge in [-0.25, -0.2) is 8.42 Å². The van der Waals surface area contributed by atoms with Crippen molar-refractivity contribution in [1.29, 1.82) is 0 Å². The first-order chi connectivity index (χ1) is 13.9. The summed E-state index contributed by atoms with van der Waals surface area (Å²) >= 11 is 2.90. The largest absolute Gasteiger partial charge is 0.496 e. The molecule has 1 fully saturated rings. The molecule has 3 rings (SSSR count). The van der Waals surface area contributed by atoms with E-state index in [0.29, 0.717) is 36.0 Å². The molecule has 1 amide bonds. The van der Waals surface area contributed by atoms with E-state index in [1.807, 2.05) is 6.92 Å². The van der Waals surface area contributed by atoms with Crippen LogP contribution in [0.5, 0.6) is 5.75 Å². The molecule has 8 nitrogen and oxygen atoms in total. The predicted molar refractivity (Wildman–Crippen MR) is 114 cm³/mol. The number of carbonyl (C=O) groups is 1. The second-order valence-electron chi connectivity index (χ2n) is 6.44. The minimum Gasteiger partial charge on any atom is -0.496 e. The van der Waals surface area contributed by atoms with Gasteiger partial charge in [-0.15, -0.1) is 10.2 Å². The van der Waals surface area contributed by atoms with Crippen molar-refractivity contribution in [3.63, 3.8) is 0 Å². The number of amides is 1. The average molecular weight is 457 g/mol. The fraction of sp³-hybridized carbons (Fsp3) is 0.500. The molecule has 2 heterocycles. The van der Waals surface area contributed by atoms with Crippen LogP contribution in [0.1, 0.15) is 31.7 Å². The van der Waals surface area contributed by atoms with E-state index in [0.717, 1.165) is 22.9 Å². The molecule has 0 aliphatic carbocycles. The smallest absolute Gasteiger partial charge is 0.243 e. The molecular weight excluding hydrogens is 432 g/mol. The Morgan fingerprint density at radius 2 is 2.07 bits per heavy atom. The van der Waals surface area contributed by atoms with Crippen LogP contribution < -0.4 is 10.1 Å². The summed E-state index contributed by atoms with van der Waals surface area (Å²) in [5.74, 6) is 1.25. The van der Waals surface area contributed by atoms with Crippen LogP contribution in [0, 0.1) is 0 Å². The summed E-state index contributed by atoms with van der Waals surface area (Å²) in [5.41, 5.74) is 0.683. The van der Waals surface area contributed by atoms with E-state index in [2.05, 4.69) is 15.5 Å². The quantitative estimate of drug-likeness (QED) is 0.457. The van der Waals surface area contributed by atoms with Crippen LogP contribution in [-0.4, -0.2) is 54.8 Å². The van der Waals surface area contributed by atoms with Crippen LogP contribution in [0.4, 0.5) is 5.13 Å². The zero-order valence-electron chi connectivity index (χ0n) is 16.4. The predicted octanol–water partition coefficient (Wildman–Crippen LogP) is 3.01. The van der Waals surface area contributed by atoms with Crippen molar-refractivity contribution in [3.05, 3.63) is 23.8 Å². The molecule has 1 saturated heterocycles. The van der Waals surface area contributed by atoms with Crippen molar-refractivity contribution in [2.24, 2.45) is 0 Å². The fourth-order valence-corrected chi connectivity index (χ4v) is 6.29. The van der Waals surface area contributed by atoms with Gasteiger partial charge in [-0.2, -0.15) is 4.31 Å². The number of sulfonamides is 1. The SMILES string of the molecule is CCSc1nnc(NC(=O)CCc2cc(S(=O)(=O)N3CCCC3)ccc2OC)s1. The van der Waals surface area contributed by atoms with Gasteiger partial charge in [0.15, 0.2) is 4.34 Å². The van der Waals surface area contributed by atoms with Crippen molar-refractivity contribution in [3.8, 4) is 5.75 Å². The van der Waals surface area contributed by atoms with Gasteiger partial charge in [0.1, 0.15) is 5.75 Å². The average Bonchev–Trinajstić information content (AvgIpc) is 3.39. The Kier molecular flexibility index (Phi) is 7.49.